The van der Waals surface area contributed by atoms with E-state index in [-0.39, 0.29) is 24.1 Å². The number of para-hydroxylation sites is 2. The average molecular weight is 389 g/mol. The molecule has 8 heteroatoms. The Labute approximate surface area is 159 Å². The molecule has 0 bridgehead atoms. The van der Waals surface area contributed by atoms with Crippen LogP contribution in [0.2, 0.25) is 0 Å². The predicted molar refractivity (Wildman–Crippen MR) is 103 cm³/mol. The summed E-state index contributed by atoms with van der Waals surface area (Å²) in [5, 5.41) is 2.88. The van der Waals surface area contributed by atoms with E-state index in [0.29, 0.717) is 36.6 Å². The summed E-state index contributed by atoms with van der Waals surface area (Å²) in [5.41, 5.74) is 0.543. The van der Waals surface area contributed by atoms with Crippen molar-refractivity contribution in [2.24, 2.45) is 5.92 Å². The van der Waals surface area contributed by atoms with Crippen LogP contribution in [-0.2, 0) is 14.8 Å². The van der Waals surface area contributed by atoms with Crippen LogP contribution >= 0.6 is 0 Å². The van der Waals surface area contributed by atoms with Crippen LogP contribution in [0.3, 0.4) is 0 Å². The van der Waals surface area contributed by atoms with Gasteiger partial charge in [-0.05, 0) is 44.0 Å². The quantitative estimate of drug-likeness (QED) is 0.821. The second-order valence-corrected chi connectivity index (χ2v) is 8.63. The van der Waals surface area contributed by atoms with E-state index in [4.69, 9.17) is 4.74 Å². The third-order valence-electron chi connectivity index (χ3n) is 4.52. The van der Waals surface area contributed by atoms with Crippen LogP contribution in [0.25, 0.3) is 0 Å². The highest BCUT2D eigenvalue weighted by Crippen LogP contribution is 2.30. The van der Waals surface area contributed by atoms with E-state index in [0.717, 1.165) is 0 Å². The van der Waals surface area contributed by atoms with Gasteiger partial charge in [0.15, 0.2) is 5.75 Å². The van der Waals surface area contributed by atoms with Gasteiger partial charge in [-0.25, -0.2) is 12.7 Å². The van der Waals surface area contributed by atoms with Gasteiger partial charge in [0, 0.05) is 19.3 Å². The van der Waals surface area contributed by atoms with Crippen molar-refractivity contribution in [3.63, 3.8) is 0 Å². The fourth-order valence-electron chi connectivity index (χ4n) is 3.02. The molecule has 7 nitrogen and oxygen atoms in total. The van der Waals surface area contributed by atoms with E-state index in [2.05, 4.69) is 10.3 Å². The number of aromatic nitrogens is 1. The number of hydrogen-bond donors (Lipinski definition) is 1. The summed E-state index contributed by atoms with van der Waals surface area (Å²) in [6.45, 7) is 2.30. The van der Waals surface area contributed by atoms with Crippen molar-refractivity contribution in [1.29, 1.82) is 0 Å². The minimum atomic E-state index is -3.29. The number of nitrogens with zero attached hydrogens (tertiary/aromatic N) is 2. The Morgan fingerprint density at radius 2 is 2.11 bits per heavy atom. The van der Waals surface area contributed by atoms with Crippen molar-refractivity contribution >= 4 is 21.6 Å². The van der Waals surface area contributed by atoms with Gasteiger partial charge in [-0.15, -0.1) is 0 Å². The number of amides is 1. The summed E-state index contributed by atoms with van der Waals surface area (Å²) in [4.78, 5) is 16.7. The molecule has 0 saturated carbocycles. The summed E-state index contributed by atoms with van der Waals surface area (Å²) >= 11 is 0. The van der Waals surface area contributed by atoms with E-state index < -0.39 is 10.0 Å². The summed E-state index contributed by atoms with van der Waals surface area (Å²) in [7, 11) is -3.29. The van der Waals surface area contributed by atoms with Gasteiger partial charge in [0.25, 0.3) is 0 Å². The Kier molecular flexibility index (Phi) is 6.08. The zero-order valence-electron chi connectivity index (χ0n) is 15.2. The summed E-state index contributed by atoms with van der Waals surface area (Å²) < 4.78 is 31.4. The molecule has 2 heterocycles. The standard InChI is InChI=1S/C19H23N3O4S/c1-2-27(24,25)22-12-6-7-15(14-22)19(23)21-17-9-3-4-10-18(17)26-16-8-5-11-20-13-16/h3-5,8-11,13,15H,2,6-7,12,14H2,1H3,(H,21,23). The second-order valence-electron chi connectivity index (χ2n) is 6.37. The van der Waals surface area contributed by atoms with Gasteiger partial charge in [-0.1, -0.05) is 12.1 Å². The Bertz CT molecular complexity index is 887. The fraction of sp³-hybridized carbons (Fsp3) is 0.368. The molecule has 1 aliphatic rings. The Morgan fingerprint density at radius 1 is 1.30 bits per heavy atom. The number of sulfonamides is 1. The SMILES string of the molecule is CCS(=O)(=O)N1CCCC(C(=O)Nc2ccccc2Oc2cccnc2)C1. The van der Waals surface area contributed by atoms with E-state index in [1.165, 1.54) is 4.31 Å². The number of ether oxygens (including phenoxy) is 1. The number of carbonyl (C=O) groups excluding carboxylic acids is 1. The Balaban J connectivity index is 1.71. The molecule has 3 rings (SSSR count). The molecule has 0 aliphatic carbocycles. The van der Waals surface area contributed by atoms with Crippen molar-refractivity contribution in [1.82, 2.24) is 9.29 Å². The lowest BCUT2D eigenvalue weighted by atomic mass is 9.98. The van der Waals surface area contributed by atoms with Crippen molar-refractivity contribution < 1.29 is 17.9 Å². The molecule has 0 radical (unpaired) electrons. The topological polar surface area (TPSA) is 88.6 Å². The molecule has 1 atom stereocenters. The van der Waals surface area contributed by atoms with E-state index >= 15 is 0 Å². The monoisotopic (exact) mass is 389 g/mol. The highest BCUT2D eigenvalue weighted by Gasteiger charge is 2.31. The molecule has 1 unspecified atom stereocenters. The molecule has 144 valence electrons. The maximum absolute atomic E-state index is 12.7. The van der Waals surface area contributed by atoms with Gasteiger partial charge in [0.2, 0.25) is 15.9 Å². The molecule has 1 saturated heterocycles. The highest BCUT2D eigenvalue weighted by molar-refractivity contribution is 7.89. The van der Waals surface area contributed by atoms with Crippen LogP contribution in [0, 0.1) is 5.92 Å². The van der Waals surface area contributed by atoms with Gasteiger partial charge in [-0.2, -0.15) is 0 Å². The molecule has 1 aromatic carbocycles. The van der Waals surface area contributed by atoms with Crippen molar-refractivity contribution in [2.75, 3.05) is 24.2 Å². The smallest absolute Gasteiger partial charge is 0.228 e. The number of hydrogen-bond acceptors (Lipinski definition) is 5. The van der Waals surface area contributed by atoms with Crippen molar-refractivity contribution in [3.05, 3.63) is 48.8 Å². The highest BCUT2D eigenvalue weighted by atomic mass is 32.2. The molecular weight excluding hydrogens is 366 g/mol. The third kappa shape index (κ3) is 4.84. The molecule has 1 aliphatic heterocycles. The molecule has 2 aromatic rings. The minimum absolute atomic E-state index is 0.0448. The first-order valence-electron chi connectivity index (χ1n) is 8.95. The fourth-order valence-corrected chi connectivity index (χ4v) is 4.20. The zero-order valence-corrected chi connectivity index (χ0v) is 16.0. The number of piperidine rings is 1. The third-order valence-corrected chi connectivity index (χ3v) is 6.37. The molecule has 1 amide bonds. The van der Waals surface area contributed by atoms with E-state index in [9.17, 15) is 13.2 Å². The largest absolute Gasteiger partial charge is 0.454 e. The first-order chi connectivity index (χ1) is 13.0. The molecule has 1 aromatic heterocycles. The lowest BCUT2D eigenvalue weighted by molar-refractivity contribution is -0.120. The van der Waals surface area contributed by atoms with Gasteiger partial charge < -0.3 is 10.1 Å². The Morgan fingerprint density at radius 3 is 2.85 bits per heavy atom. The van der Waals surface area contributed by atoms with Crippen LogP contribution < -0.4 is 10.1 Å². The number of rotatable bonds is 6. The lowest BCUT2D eigenvalue weighted by Gasteiger charge is -2.31. The van der Waals surface area contributed by atoms with Crippen LogP contribution in [0.4, 0.5) is 5.69 Å². The Hall–Kier alpha value is -2.45. The minimum Gasteiger partial charge on any atom is -0.454 e. The summed E-state index contributed by atoms with van der Waals surface area (Å²) in [6.07, 6.45) is 4.57. The molecule has 1 N–H and O–H groups in total. The van der Waals surface area contributed by atoms with Crippen LogP contribution in [-0.4, -0.2) is 42.5 Å². The van der Waals surface area contributed by atoms with Gasteiger partial charge in [0.1, 0.15) is 5.75 Å². The zero-order chi connectivity index (χ0) is 19.3. The molecular formula is C19H23N3O4S. The number of anilines is 1. The number of benzene rings is 1. The van der Waals surface area contributed by atoms with Gasteiger partial charge in [0.05, 0.1) is 23.6 Å². The number of carbonyl (C=O) groups is 1. The summed E-state index contributed by atoms with van der Waals surface area (Å²) in [6, 6.07) is 10.7. The van der Waals surface area contributed by atoms with Crippen molar-refractivity contribution in [3.8, 4) is 11.5 Å². The average Bonchev–Trinajstić information content (AvgIpc) is 2.70. The predicted octanol–water partition coefficient (Wildman–Crippen LogP) is 2.87. The summed E-state index contributed by atoms with van der Waals surface area (Å²) in [5.74, 6) is 0.535. The first kappa shape index (κ1) is 19.3. The van der Waals surface area contributed by atoms with Gasteiger partial charge >= 0.3 is 0 Å². The number of pyridine rings is 1. The van der Waals surface area contributed by atoms with Gasteiger partial charge in [-0.3, -0.25) is 9.78 Å². The maximum atomic E-state index is 12.7. The van der Waals surface area contributed by atoms with E-state index in [1.807, 2.05) is 6.07 Å². The molecule has 1 fully saturated rings. The van der Waals surface area contributed by atoms with Crippen LogP contribution in [0.1, 0.15) is 19.8 Å². The number of nitrogens with one attached hydrogen (secondary N) is 1. The first-order valence-corrected chi connectivity index (χ1v) is 10.6. The molecule has 0 spiro atoms. The lowest BCUT2D eigenvalue weighted by Crippen LogP contribution is -2.44. The van der Waals surface area contributed by atoms with Crippen LogP contribution in [0.15, 0.2) is 48.8 Å². The van der Waals surface area contributed by atoms with E-state index in [1.54, 1.807) is 49.6 Å². The van der Waals surface area contributed by atoms with Crippen LogP contribution in [0.5, 0.6) is 11.5 Å². The molecule has 27 heavy (non-hydrogen) atoms. The second kappa shape index (κ2) is 8.49. The maximum Gasteiger partial charge on any atom is 0.228 e. The normalized spacial score (nSPS) is 18.0. The van der Waals surface area contributed by atoms with Crippen molar-refractivity contribution in [2.45, 2.75) is 19.8 Å².